The van der Waals surface area contributed by atoms with Crippen molar-refractivity contribution in [3.63, 3.8) is 0 Å². The molecule has 1 heterocycles. The number of rotatable bonds is 2. The van der Waals surface area contributed by atoms with E-state index >= 15 is 0 Å². The van der Waals surface area contributed by atoms with Crippen molar-refractivity contribution in [3.05, 3.63) is 35.7 Å². The Bertz CT molecular complexity index is 552. The minimum atomic E-state index is 0.0925. The SMILES string of the molecule is Cc1coc(-c2ccc(CC#N)c(O)c2)n1. The van der Waals surface area contributed by atoms with Gasteiger partial charge in [0, 0.05) is 11.1 Å². The summed E-state index contributed by atoms with van der Waals surface area (Å²) in [6.07, 6.45) is 1.74. The Hall–Kier alpha value is -2.28. The van der Waals surface area contributed by atoms with Gasteiger partial charge >= 0.3 is 0 Å². The van der Waals surface area contributed by atoms with Crippen LogP contribution in [0.3, 0.4) is 0 Å². The molecule has 4 heteroatoms. The van der Waals surface area contributed by atoms with Crippen molar-refractivity contribution in [3.8, 4) is 23.3 Å². The summed E-state index contributed by atoms with van der Waals surface area (Å²) in [7, 11) is 0. The van der Waals surface area contributed by atoms with Crippen LogP contribution in [-0.2, 0) is 6.42 Å². The lowest BCUT2D eigenvalue weighted by atomic mass is 10.1. The maximum absolute atomic E-state index is 9.67. The van der Waals surface area contributed by atoms with Gasteiger partial charge in [0.05, 0.1) is 18.2 Å². The van der Waals surface area contributed by atoms with Gasteiger partial charge in [-0.25, -0.2) is 4.98 Å². The predicted molar refractivity (Wildman–Crippen MR) is 57.7 cm³/mol. The van der Waals surface area contributed by atoms with E-state index in [-0.39, 0.29) is 12.2 Å². The van der Waals surface area contributed by atoms with Crippen molar-refractivity contribution in [2.24, 2.45) is 0 Å². The van der Waals surface area contributed by atoms with Crippen molar-refractivity contribution >= 4 is 0 Å². The first kappa shape index (κ1) is 10.2. The highest BCUT2D eigenvalue weighted by molar-refractivity contribution is 5.58. The number of oxazole rings is 1. The summed E-state index contributed by atoms with van der Waals surface area (Å²) in [6, 6.07) is 7.02. The molecule has 2 aromatic rings. The maximum atomic E-state index is 9.67. The summed E-state index contributed by atoms with van der Waals surface area (Å²) in [5, 5.41) is 18.2. The second-order valence-electron chi connectivity index (χ2n) is 3.47. The van der Waals surface area contributed by atoms with Gasteiger partial charge < -0.3 is 9.52 Å². The number of phenolic OH excluding ortho intramolecular Hbond substituents is 1. The molecule has 1 N–H and O–H groups in total. The fraction of sp³-hybridized carbons (Fsp3) is 0.167. The zero-order valence-electron chi connectivity index (χ0n) is 8.77. The molecule has 0 fully saturated rings. The molecular formula is C12H10N2O2. The van der Waals surface area contributed by atoms with E-state index in [1.54, 1.807) is 24.5 Å². The molecule has 80 valence electrons. The number of phenols is 1. The molecule has 0 aliphatic heterocycles. The lowest BCUT2D eigenvalue weighted by Crippen LogP contribution is -1.85. The highest BCUT2D eigenvalue weighted by atomic mass is 16.3. The first-order valence-electron chi connectivity index (χ1n) is 4.82. The molecule has 0 spiro atoms. The Morgan fingerprint density at radius 1 is 1.50 bits per heavy atom. The van der Waals surface area contributed by atoms with Crippen LogP contribution in [0, 0.1) is 18.3 Å². The molecule has 1 aromatic heterocycles. The molecule has 0 amide bonds. The Labute approximate surface area is 92.8 Å². The third kappa shape index (κ3) is 1.89. The lowest BCUT2D eigenvalue weighted by molar-refractivity contribution is 0.469. The largest absolute Gasteiger partial charge is 0.508 e. The first-order valence-corrected chi connectivity index (χ1v) is 4.82. The van der Waals surface area contributed by atoms with E-state index in [4.69, 9.17) is 9.68 Å². The van der Waals surface area contributed by atoms with Gasteiger partial charge in [0.1, 0.15) is 12.0 Å². The Morgan fingerprint density at radius 3 is 2.88 bits per heavy atom. The van der Waals surface area contributed by atoms with Gasteiger partial charge in [0.15, 0.2) is 0 Å². The van der Waals surface area contributed by atoms with Crippen LogP contribution in [0.25, 0.3) is 11.5 Å². The first-order chi connectivity index (χ1) is 7.70. The third-order valence-corrected chi connectivity index (χ3v) is 2.22. The molecule has 2 rings (SSSR count). The smallest absolute Gasteiger partial charge is 0.226 e. The molecule has 0 saturated heterocycles. The van der Waals surface area contributed by atoms with Gasteiger partial charge in [-0.15, -0.1) is 0 Å². The minimum absolute atomic E-state index is 0.0925. The van der Waals surface area contributed by atoms with Gasteiger partial charge in [0.2, 0.25) is 5.89 Å². The van der Waals surface area contributed by atoms with Gasteiger partial charge in [-0.1, -0.05) is 6.07 Å². The van der Waals surface area contributed by atoms with Crippen molar-refractivity contribution in [1.29, 1.82) is 5.26 Å². The number of aryl methyl sites for hydroxylation is 1. The van der Waals surface area contributed by atoms with Gasteiger partial charge in [-0.3, -0.25) is 0 Å². The maximum Gasteiger partial charge on any atom is 0.226 e. The second-order valence-corrected chi connectivity index (χ2v) is 3.47. The van der Waals surface area contributed by atoms with E-state index in [2.05, 4.69) is 4.98 Å². The number of nitrogens with zero attached hydrogens (tertiary/aromatic N) is 2. The monoisotopic (exact) mass is 214 g/mol. The average Bonchev–Trinajstić information content (AvgIpc) is 2.68. The number of nitriles is 1. The zero-order valence-corrected chi connectivity index (χ0v) is 8.77. The molecule has 0 bridgehead atoms. The predicted octanol–water partition coefficient (Wildman–Crippen LogP) is 2.42. The molecule has 0 aliphatic carbocycles. The Morgan fingerprint density at radius 2 is 2.31 bits per heavy atom. The summed E-state index contributed by atoms with van der Waals surface area (Å²) >= 11 is 0. The average molecular weight is 214 g/mol. The van der Waals surface area contributed by atoms with E-state index in [1.165, 1.54) is 0 Å². The molecule has 0 aliphatic rings. The standard InChI is InChI=1S/C12H10N2O2/c1-8-7-16-12(14-8)10-3-2-9(4-5-13)11(15)6-10/h2-3,6-7,15H,4H2,1H3. The molecule has 0 saturated carbocycles. The quantitative estimate of drug-likeness (QED) is 0.833. The van der Waals surface area contributed by atoms with Crippen molar-refractivity contribution in [2.45, 2.75) is 13.3 Å². The van der Waals surface area contributed by atoms with Crippen LogP contribution in [0.5, 0.6) is 5.75 Å². The second kappa shape index (κ2) is 4.07. The highest BCUT2D eigenvalue weighted by Crippen LogP contribution is 2.26. The number of aromatic hydroxyl groups is 1. The van der Waals surface area contributed by atoms with Crippen molar-refractivity contribution < 1.29 is 9.52 Å². The molecule has 0 atom stereocenters. The highest BCUT2D eigenvalue weighted by Gasteiger charge is 2.08. The molecule has 0 unspecified atom stereocenters. The molecule has 0 radical (unpaired) electrons. The fourth-order valence-corrected chi connectivity index (χ4v) is 1.42. The lowest BCUT2D eigenvalue weighted by Gasteiger charge is -2.01. The van der Waals surface area contributed by atoms with E-state index in [0.717, 1.165) is 5.69 Å². The van der Waals surface area contributed by atoms with E-state index in [0.29, 0.717) is 17.0 Å². The number of hydrogen-bond acceptors (Lipinski definition) is 4. The molecular weight excluding hydrogens is 204 g/mol. The third-order valence-electron chi connectivity index (χ3n) is 2.22. The number of benzene rings is 1. The molecule has 16 heavy (non-hydrogen) atoms. The normalized spacial score (nSPS) is 10.0. The summed E-state index contributed by atoms with van der Waals surface area (Å²) in [4.78, 5) is 4.15. The van der Waals surface area contributed by atoms with Gasteiger partial charge in [-0.05, 0) is 19.1 Å². The molecule has 4 nitrogen and oxygen atoms in total. The van der Waals surface area contributed by atoms with Crippen LogP contribution >= 0.6 is 0 Å². The van der Waals surface area contributed by atoms with Crippen molar-refractivity contribution in [1.82, 2.24) is 4.98 Å². The van der Waals surface area contributed by atoms with Crippen LogP contribution in [0.4, 0.5) is 0 Å². The summed E-state index contributed by atoms with van der Waals surface area (Å²) < 4.78 is 5.22. The number of aromatic nitrogens is 1. The Balaban J connectivity index is 2.38. The van der Waals surface area contributed by atoms with Crippen LogP contribution in [0.1, 0.15) is 11.3 Å². The number of hydrogen-bond donors (Lipinski definition) is 1. The van der Waals surface area contributed by atoms with E-state index < -0.39 is 0 Å². The zero-order chi connectivity index (χ0) is 11.5. The molecule has 1 aromatic carbocycles. The summed E-state index contributed by atoms with van der Waals surface area (Å²) in [6.45, 7) is 1.83. The van der Waals surface area contributed by atoms with Gasteiger partial charge in [-0.2, -0.15) is 5.26 Å². The van der Waals surface area contributed by atoms with Crippen LogP contribution < -0.4 is 0 Å². The van der Waals surface area contributed by atoms with Crippen LogP contribution in [0.2, 0.25) is 0 Å². The van der Waals surface area contributed by atoms with Crippen LogP contribution in [-0.4, -0.2) is 10.1 Å². The van der Waals surface area contributed by atoms with Crippen molar-refractivity contribution in [2.75, 3.05) is 0 Å². The Kier molecular flexibility index (Phi) is 2.61. The topological polar surface area (TPSA) is 70.0 Å². The summed E-state index contributed by atoms with van der Waals surface area (Å²) in [5.74, 6) is 0.561. The van der Waals surface area contributed by atoms with Gasteiger partial charge in [0.25, 0.3) is 0 Å². The van der Waals surface area contributed by atoms with Crippen LogP contribution in [0.15, 0.2) is 28.9 Å². The minimum Gasteiger partial charge on any atom is -0.508 e. The van der Waals surface area contributed by atoms with E-state index in [9.17, 15) is 5.11 Å². The summed E-state index contributed by atoms with van der Waals surface area (Å²) in [5.41, 5.74) is 2.09. The fourth-order valence-electron chi connectivity index (χ4n) is 1.42. The van der Waals surface area contributed by atoms with E-state index in [1.807, 2.05) is 13.0 Å².